The van der Waals surface area contributed by atoms with E-state index in [1.807, 2.05) is 23.1 Å². The second kappa shape index (κ2) is 10.8. The summed E-state index contributed by atoms with van der Waals surface area (Å²) >= 11 is 6.59. The first kappa shape index (κ1) is 26.1. The summed E-state index contributed by atoms with van der Waals surface area (Å²) in [5.41, 5.74) is 3.33. The van der Waals surface area contributed by atoms with Crippen LogP contribution in [0.25, 0.3) is 22.0 Å². The zero-order chi connectivity index (χ0) is 27.8. The van der Waals surface area contributed by atoms with E-state index in [1.165, 1.54) is 12.1 Å². The average molecular weight is 560 g/mol. The molecule has 2 N–H and O–H groups in total. The quantitative estimate of drug-likeness (QED) is 0.305. The first-order chi connectivity index (χ1) is 19.4. The molecule has 3 aromatic heterocycles. The minimum absolute atomic E-state index is 0.0246. The van der Waals surface area contributed by atoms with E-state index in [4.69, 9.17) is 11.6 Å². The monoisotopic (exact) mass is 559 g/mol. The summed E-state index contributed by atoms with van der Waals surface area (Å²) < 4.78 is 14.9. The number of nitrogens with zero attached hydrogens (tertiary/aromatic N) is 5. The summed E-state index contributed by atoms with van der Waals surface area (Å²) in [5, 5.41) is 7.20. The van der Waals surface area contributed by atoms with Crippen LogP contribution in [0.5, 0.6) is 0 Å². The van der Waals surface area contributed by atoms with Gasteiger partial charge in [0.05, 0.1) is 34.5 Å². The number of aromatic nitrogens is 4. The lowest BCUT2D eigenvalue weighted by molar-refractivity contribution is -0.120. The van der Waals surface area contributed by atoms with Crippen molar-refractivity contribution in [1.29, 1.82) is 0 Å². The molecule has 2 fully saturated rings. The highest BCUT2D eigenvalue weighted by Crippen LogP contribution is 2.36. The molecule has 0 spiro atoms. The molecule has 1 amide bonds. The normalized spacial score (nSPS) is 16.4. The van der Waals surface area contributed by atoms with E-state index in [9.17, 15) is 14.0 Å². The van der Waals surface area contributed by atoms with Crippen LogP contribution in [0.4, 0.5) is 16.0 Å². The number of halogens is 2. The number of benzene rings is 1. The number of piperazine rings is 1. The maximum absolute atomic E-state index is 14.9. The van der Waals surface area contributed by atoms with Gasteiger partial charge in [-0.2, -0.15) is 0 Å². The number of carbonyl (C=O) groups excluding carboxylic acids is 2. The average Bonchev–Trinajstić information content (AvgIpc) is 2.93. The summed E-state index contributed by atoms with van der Waals surface area (Å²) in [7, 11) is 0. The number of anilines is 2. The molecule has 1 saturated carbocycles. The molecule has 4 heterocycles. The summed E-state index contributed by atoms with van der Waals surface area (Å²) in [6.45, 7) is 3.20. The Morgan fingerprint density at radius 1 is 1.12 bits per heavy atom. The Morgan fingerprint density at radius 3 is 2.65 bits per heavy atom. The van der Waals surface area contributed by atoms with Gasteiger partial charge in [0.2, 0.25) is 11.9 Å². The maximum atomic E-state index is 14.9. The van der Waals surface area contributed by atoms with Gasteiger partial charge in [-0.3, -0.25) is 14.6 Å². The van der Waals surface area contributed by atoms with Crippen LogP contribution in [0.15, 0.2) is 48.9 Å². The van der Waals surface area contributed by atoms with Crippen molar-refractivity contribution in [2.24, 2.45) is 5.92 Å². The van der Waals surface area contributed by atoms with Crippen LogP contribution in [0.2, 0.25) is 5.02 Å². The zero-order valence-electron chi connectivity index (χ0n) is 21.8. The molecule has 1 saturated heterocycles. The van der Waals surface area contributed by atoms with Crippen LogP contribution in [0.1, 0.15) is 48.4 Å². The van der Waals surface area contributed by atoms with E-state index >= 15 is 0 Å². The molecule has 40 heavy (non-hydrogen) atoms. The van der Waals surface area contributed by atoms with Crippen LogP contribution in [0, 0.1) is 11.7 Å². The van der Waals surface area contributed by atoms with Crippen LogP contribution in [-0.4, -0.2) is 51.3 Å². The largest absolute Gasteiger partial charge is 0.375 e. The first-order valence-electron chi connectivity index (χ1n) is 13.3. The second-order valence-electron chi connectivity index (χ2n) is 10.2. The standard InChI is InChI=1S/C29H27ClFN7O2/c1-16(26-22(31)6-8-24(37-26)28(40)17-3-2-4-17)36-27-20-11-18(5-7-23(20)33-14-21(27)30)19-12-34-29(35-13-19)38-10-9-32-25(39)15-38/h5-8,11-14,16-17H,2-4,9-10,15H2,1H3,(H,32,39)(H,33,36). The molecule has 1 aliphatic heterocycles. The van der Waals surface area contributed by atoms with Gasteiger partial charge in [-0.1, -0.05) is 24.1 Å². The van der Waals surface area contributed by atoms with Gasteiger partial charge in [0, 0.05) is 48.5 Å². The van der Waals surface area contributed by atoms with Crippen molar-refractivity contribution in [2.75, 3.05) is 29.9 Å². The maximum Gasteiger partial charge on any atom is 0.239 e. The minimum Gasteiger partial charge on any atom is -0.375 e. The lowest BCUT2D eigenvalue weighted by atomic mass is 9.81. The fourth-order valence-corrected chi connectivity index (χ4v) is 5.21. The highest BCUT2D eigenvalue weighted by Gasteiger charge is 2.28. The predicted octanol–water partition coefficient (Wildman–Crippen LogP) is 4.97. The van der Waals surface area contributed by atoms with E-state index in [0.717, 1.165) is 35.8 Å². The molecule has 11 heteroatoms. The van der Waals surface area contributed by atoms with Gasteiger partial charge in [-0.15, -0.1) is 0 Å². The molecule has 1 atom stereocenters. The third-order valence-electron chi connectivity index (χ3n) is 7.49. The molecule has 204 valence electrons. The van der Waals surface area contributed by atoms with Crippen molar-refractivity contribution in [3.05, 3.63) is 71.2 Å². The third kappa shape index (κ3) is 5.06. The van der Waals surface area contributed by atoms with Crippen molar-refractivity contribution in [3.8, 4) is 11.1 Å². The van der Waals surface area contributed by atoms with Crippen LogP contribution < -0.4 is 15.5 Å². The fourth-order valence-electron chi connectivity index (χ4n) is 5.00. The number of pyridine rings is 2. The fraction of sp³-hybridized carbons (Fsp3) is 0.310. The van der Waals surface area contributed by atoms with Gasteiger partial charge in [0.1, 0.15) is 11.5 Å². The SMILES string of the molecule is CC(Nc1c(Cl)cnc2ccc(-c3cnc(N4CCNC(=O)C4)nc3)cc12)c1nc(C(=O)C2CCC2)ccc1F. The van der Waals surface area contributed by atoms with Gasteiger partial charge in [-0.25, -0.2) is 19.3 Å². The molecule has 0 radical (unpaired) electrons. The number of fused-ring (bicyclic) bond motifs is 1. The van der Waals surface area contributed by atoms with E-state index in [1.54, 1.807) is 25.5 Å². The van der Waals surface area contributed by atoms with Crippen molar-refractivity contribution >= 4 is 45.8 Å². The number of rotatable bonds is 7. The summed E-state index contributed by atoms with van der Waals surface area (Å²) in [6.07, 6.45) is 7.72. The Hall–Kier alpha value is -4.18. The molecule has 4 aromatic rings. The number of nitrogens with one attached hydrogen (secondary N) is 2. The second-order valence-corrected chi connectivity index (χ2v) is 10.6. The van der Waals surface area contributed by atoms with Crippen molar-refractivity contribution in [2.45, 2.75) is 32.2 Å². The molecule has 1 aromatic carbocycles. The highest BCUT2D eigenvalue weighted by atomic mass is 35.5. The van der Waals surface area contributed by atoms with Gasteiger partial charge in [-0.05, 0) is 49.6 Å². The predicted molar refractivity (Wildman–Crippen MR) is 151 cm³/mol. The summed E-state index contributed by atoms with van der Waals surface area (Å²) in [5.74, 6) is -0.118. The van der Waals surface area contributed by atoms with E-state index in [2.05, 4.69) is 30.6 Å². The van der Waals surface area contributed by atoms with Crippen LogP contribution in [-0.2, 0) is 4.79 Å². The Kier molecular flexibility index (Phi) is 7.02. The van der Waals surface area contributed by atoms with Crippen LogP contribution >= 0.6 is 11.6 Å². The first-order valence-corrected chi connectivity index (χ1v) is 13.6. The molecule has 1 aliphatic carbocycles. The van der Waals surface area contributed by atoms with Crippen molar-refractivity contribution < 1.29 is 14.0 Å². The lowest BCUT2D eigenvalue weighted by Crippen LogP contribution is -2.48. The van der Waals surface area contributed by atoms with Crippen molar-refractivity contribution in [3.63, 3.8) is 0 Å². The smallest absolute Gasteiger partial charge is 0.239 e. The number of hydrogen-bond donors (Lipinski definition) is 2. The van der Waals surface area contributed by atoms with Gasteiger partial charge >= 0.3 is 0 Å². The minimum atomic E-state index is -0.578. The molecule has 6 rings (SSSR count). The lowest BCUT2D eigenvalue weighted by Gasteiger charge is -2.26. The highest BCUT2D eigenvalue weighted by molar-refractivity contribution is 6.34. The van der Waals surface area contributed by atoms with E-state index in [-0.39, 0.29) is 35.5 Å². The van der Waals surface area contributed by atoms with E-state index in [0.29, 0.717) is 35.3 Å². The van der Waals surface area contributed by atoms with Crippen molar-refractivity contribution in [1.82, 2.24) is 25.3 Å². The van der Waals surface area contributed by atoms with Crippen LogP contribution in [0.3, 0.4) is 0 Å². The zero-order valence-corrected chi connectivity index (χ0v) is 22.6. The third-order valence-corrected chi connectivity index (χ3v) is 7.77. The van der Waals surface area contributed by atoms with Gasteiger partial charge in [0.25, 0.3) is 0 Å². The number of hydrogen-bond acceptors (Lipinski definition) is 8. The Labute approximate surface area is 235 Å². The summed E-state index contributed by atoms with van der Waals surface area (Å²) in [4.78, 5) is 44.1. The molecular formula is C29H27ClFN7O2. The van der Waals surface area contributed by atoms with Gasteiger partial charge < -0.3 is 15.5 Å². The van der Waals surface area contributed by atoms with E-state index < -0.39 is 11.9 Å². The number of ketones is 1. The number of Topliss-reactive ketones (excluding diaryl/α,β-unsaturated/α-hetero) is 1. The summed E-state index contributed by atoms with van der Waals surface area (Å²) in [6, 6.07) is 7.90. The molecule has 1 unspecified atom stereocenters. The molecule has 2 aliphatic rings. The Bertz CT molecular complexity index is 1610. The Morgan fingerprint density at radius 2 is 1.93 bits per heavy atom. The molecule has 9 nitrogen and oxygen atoms in total. The Balaban J connectivity index is 1.29. The van der Waals surface area contributed by atoms with Gasteiger partial charge in [0.15, 0.2) is 5.78 Å². The molecular weight excluding hydrogens is 533 g/mol. The molecule has 0 bridgehead atoms. The number of carbonyl (C=O) groups is 2. The number of amides is 1. The topological polar surface area (TPSA) is 113 Å².